The molecule has 0 radical (unpaired) electrons. The molecule has 3 aromatic rings. The Labute approximate surface area is 177 Å². The molecule has 3 rings (SSSR count). The van der Waals surface area contributed by atoms with Crippen LogP contribution in [0.4, 0.5) is 31.5 Å². The lowest BCUT2D eigenvalue weighted by atomic mass is 10.1. The SMILES string of the molecule is O=C(/C=C/c1cccc(C(F)(F)F)c1)Nc1ncc(Cc2cccc(C(F)(F)F)c2)s1. The van der Waals surface area contributed by atoms with Crippen LogP contribution in [0.5, 0.6) is 0 Å². The molecular formula is C21H14F6N2OS. The Hall–Kier alpha value is -3.14. The zero-order valence-corrected chi connectivity index (χ0v) is 16.4. The van der Waals surface area contributed by atoms with Crippen molar-refractivity contribution in [2.24, 2.45) is 0 Å². The number of rotatable bonds is 5. The van der Waals surface area contributed by atoms with Crippen LogP contribution in [0, 0.1) is 0 Å². The number of halogens is 6. The fourth-order valence-electron chi connectivity index (χ4n) is 2.64. The number of carbonyl (C=O) groups is 1. The van der Waals surface area contributed by atoms with E-state index in [9.17, 15) is 31.1 Å². The van der Waals surface area contributed by atoms with E-state index in [1.807, 2.05) is 0 Å². The fraction of sp³-hybridized carbons (Fsp3) is 0.143. The summed E-state index contributed by atoms with van der Waals surface area (Å²) < 4.78 is 76.6. The van der Waals surface area contributed by atoms with Gasteiger partial charge in [0.2, 0.25) is 5.91 Å². The number of hydrogen-bond acceptors (Lipinski definition) is 3. The van der Waals surface area contributed by atoms with Crippen molar-refractivity contribution in [2.75, 3.05) is 5.32 Å². The molecule has 0 aliphatic rings. The number of amides is 1. The second-order valence-corrected chi connectivity index (χ2v) is 7.57. The van der Waals surface area contributed by atoms with Gasteiger partial charge in [-0.1, -0.05) is 30.3 Å². The molecule has 3 nitrogen and oxygen atoms in total. The van der Waals surface area contributed by atoms with Crippen molar-refractivity contribution in [3.8, 4) is 0 Å². The molecule has 0 saturated carbocycles. The number of alkyl halides is 6. The van der Waals surface area contributed by atoms with E-state index in [1.165, 1.54) is 30.5 Å². The van der Waals surface area contributed by atoms with Crippen LogP contribution in [-0.4, -0.2) is 10.9 Å². The van der Waals surface area contributed by atoms with Gasteiger partial charge in [0.25, 0.3) is 0 Å². The third-order valence-electron chi connectivity index (χ3n) is 4.06. The van der Waals surface area contributed by atoms with Crippen LogP contribution < -0.4 is 5.32 Å². The molecule has 0 bridgehead atoms. The lowest BCUT2D eigenvalue weighted by molar-refractivity contribution is -0.138. The number of anilines is 1. The maximum atomic E-state index is 12.8. The van der Waals surface area contributed by atoms with Gasteiger partial charge >= 0.3 is 12.4 Å². The highest BCUT2D eigenvalue weighted by molar-refractivity contribution is 7.15. The third kappa shape index (κ3) is 6.42. The first-order chi connectivity index (χ1) is 14.5. The number of nitrogens with zero attached hydrogens (tertiary/aromatic N) is 1. The van der Waals surface area contributed by atoms with E-state index >= 15 is 0 Å². The Bertz CT molecular complexity index is 1100. The second kappa shape index (κ2) is 8.93. The van der Waals surface area contributed by atoms with E-state index in [0.717, 1.165) is 41.7 Å². The number of aromatic nitrogens is 1. The number of hydrogen-bond donors (Lipinski definition) is 1. The summed E-state index contributed by atoms with van der Waals surface area (Å²) in [6.45, 7) is 0. The van der Waals surface area contributed by atoms with E-state index < -0.39 is 29.4 Å². The Morgan fingerprint density at radius 1 is 0.968 bits per heavy atom. The van der Waals surface area contributed by atoms with Crippen molar-refractivity contribution in [2.45, 2.75) is 18.8 Å². The van der Waals surface area contributed by atoms with Gasteiger partial charge in [0.05, 0.1) is 11.1 Å². The van der Waals surface area contributed by atoms with E-state index in [1.54, 1.807) is 6.07 Å². The first kappa shape index (κ1) is 22.5. The molecule has 1 heterocycles. The normalized spacial score (nSPS) is 12.3. The second-order valence-electron chi connectivity index (χ2n) is 6.45. The van der Waals surface area contributed by atoms with Crippen LogP contribution in [0.15, 0.2) is 60.8 Å². The van der Waals surface area contributed by atoms with Gasteiger partial charge in [0.1, 0.15) is 0 Å². The predicted octanol–water partition coefficient (Wildman–Crippen LogP) is 6.42. The van der Waals surface area contributed by atoms with Crippen LogP contribution in [0.2, 0.25) is 0 Å². The van der Waals surface area contributed by atoms with Gasteiger partial charge in [-0.2, -0.15) is 26.3 Å². The third-order valence-corrected chi connectivity index (χ3v) is 4.97. The molecule has 1 amide bonds. The van der Waals surface area contributed by atoms with E-state index in [0.29, 0.717) is 10.4 Å². The molecule has 1 N–H and O–H groups in total. The fourth-order valence-corrected chi connectivity index (χ4v) is 3.49. The van der Waals surface area contributed by atoms with E-state index in [-0.39, 0.29) is 17.1 Å². The highest BCUT2D eigenvalue weighted by atomic mass is 32.1. The summed E-state index contributed by atoms with van der Waals surface area (Å²) in [6, 6.07) is 9.43. The smallest absolute Gasteiger partial charge is 0.298 e. The molecule has 0 aliphatic heterocycles. The van der Waals surface area contributed by atoms with Crippen molar-refractivity contribution in [1.29, 1.82) is 0 Å². The Kier molecular flexibility index (Phi) is 6.49. The molecule has 0 unspecified atom stereocenters. The number of thiazole rings is 1. The first-order valence-electron chi connectivity index (χ1n) is 8.78. The summed E-state index contributed by atoms with van der Waals surface area (Å²) >= 11 is 1.09. The maximum absolute atomic E-state index is 12.8. The molecule has 1 aromatic heterocycles. The van der Waals surface area contributed by atoms with Crippen LogP contribution in [0.25, 0.3) is 6.08 Å². The lowest BCUT2D eigenvalue weighted by Crippen LogP contribution is -2.07. The zero-order chi connectivity index (χ0) is 22.6. The van der Waals surface area contributed by atoms with E-state index in [4.69, 9.17) is 0 Å². The monoisotopic (exact) mass is 456 g/mol. The van der Waals surface area contributed by atoms with E-state index in [2.05, 4.69) is 10.3 Å². The van der Waals surface area contributed by atoms with Crippen molar-refractivity contribution < 1.29 is 31.1 Å². The minimum absolute atomic E-state index is 0.203. The molecule has 0 fully saturated rings. The van der Waals surface area contributed by atoms with Crippen LogP contribution in [-0.2, 0) is 23.6 Å². The van der Waals surface area contributed by atoms with Crippen molar-refractivity contribution in [3.63, 3.8) is 0 Å². The summed E-state index contributed by atoms with van der Waals surface area (Å²) in [7, 11) is 0. The zero-order valence-electron chi connectivity index (χ0n) is 15.6. The average molecular weight is 456 g/mol. The van der Waals surface area contributed by atoms with Gasteiger partial charge < -0.3 is 0 Å². The number of carbonyl (C=O) groups excluding carboxylic acids is 1. The predicted molar refractivity (Wildman–Crippen MR) is 105 cm³/mol. The highest BCUT2D eigenvalue weighted by Gasteiger charge is 2.31. The van der Waals surface area contributed by atoms with Gasteiger partial charge in [-0.3, -0.25) is 10.1 Å². The molecule has 162 valence electrons. The first-order valence-corrected chi connectivity index (χ1v) is 9.59. The Morgan fingerprint density at radius 3 is 2.29 bits per heavy atom. The van der Waals surface area contributed by atoms with Crippen molar-refractivity contribution in [3.05, 3.63) is 87.9 Å². The summed E-state index contributed by atoms with van der Waals surface area (Å²) in [5.74, 6) is -0.600. The summed E-state index contributed by atoms with van der Waals surface area (Å²) in [4.78, 5) is 16.7. The minimum atomic E-state index is -4.48. The molecule has 0 aliphatic carbocycles. The molecule has 0 saturated heterocycles. The van der Waals surface area contributed by atoms with Crippen LogP contribution in [0.1, 0.15) is 27.1 Å². The molecule has 0 spiro atoms. The van der Waals surface area contributed by atoms with Crippen LogP contribution >= 0.6 is 11.3 Å². The quantitative estimate of drug-likeness (QED) is 0.355. The van der Waals surface area contributed by atoms with Crippen molar-refractivity contribution >= 4 is 28.5 Å². The van der Waals surface area contributed by atoms with Gasteiger partial charge in [0.15, 0.2) is 5.13 Å². The number of nitrogens with one attached hydrogen (secondary N) is 1. The largest absolute Gasteiger partial charge is 0.416 e. The molecular weight excluding hydrogens is 442 g/mol. The summed E-state index contributed by atoms with van der Waals surface area (Å²) in [5, 5.41) is 2.70. The Morgan fingerprint density at radius 2 is 1.61 bits per heavy atom. The standard InChI is InChI=1S/C21H14F6N2OS/c22-20(23,24)15-5-1-3-13(9-15)7-8-18(30)29-19-28-12-17(31-19)11-14-4-2-6-16(10-14)21(25,26)27/h1-10,12H,11H2,(H,28,29,30)/b8-7+. The van der Waals surface area contributed by atoms with Crippen LogP contribution in [0.3, 0.4) is 0 Å². The maximum Gasteiger partial charge on any atom is 0.416 e. The summed E-state index contributed by atoms with van der Waals surface area (Å²) in [5.41, 5.74) is -0.924. The summed E-state index contributed by atoms with van der Waals surface area (Å²) in [6.07, 6.45) is -4.96. The van der Waals surface area contributed by atoms with Crippen molar-refractivity contribution in [1.82, 2.24) is 4.98 Å². The lowest BCUT2D eigenvalue weighted by Gasteiger charge is -2.07. The van der Waals surface area contributed by atoms with Gasteiger partial charge in [-0.15, -0.1) is 11.3 Å². The molecule has 10 heteroatoms. The molecule has 0 atom stereocenters. The van der Waals surface area contributed by atoms with Gasteiger partial charge in [-0.05, 0) is 35.4 Å². The molecule has 31 heavy (non-hydrogen) atoms. The molecule has 2 aromatic carbocycles. The van der Waals surface area contributed by atoms with Gasteiger partial charge in [0, 0.05) is 23.6 Å². The number of benzene rings is 2. The van der Waals surface area contributed by atoms with Gasteiger partial charge in [-0.25, -0.2) is 4.98 Å². The average Bonchev–Trinajstić information content (AvgIpc) is 3.12. The topological polar surface area (TPSA) is 42.0 Å². The minimum Gasteiger partial charge on any atom is -0.298 e. The Balaban J connectivity index is 1.62. The highest BCUT2D eigenvalue weighted by Crippen LogP contribution is 2.31.